The molecule has 1 N–H and O–H groups in total. The lowest BCUT2D eigenvalue weighted by Gasteiger charge is -2.13. The maximum Gasteiger partial charge on any atom is 0.261 e. The number of amides is 2. The largest absolute Gasteiger partial charge is 0.374 e. The summed E-state index contributed by atoms with van der Waals surface area (Å²) in [7, 11) is 0. The predicted octanol–water partition coefficient (Wildman–Crippen LogP) is 0.00510. The van der Waals surface area contributed by atoms with Crippen molar-refractivity contribution in [3.05, 3.63) is 0 Å². The summed E-state index contributed by atoms with van der Waals surface area (Å²) in [6.45, 7) is 1.84. The molecule has 1 aliphatic heterocycles. The van der Waals surface area contributed by atoms with E-state index in [1.165, 1.54) is 4.90 Å². The second-order valence-electron chi connectivity index (χ2n) is 3.65. The lowest BCUT2D eigenvalue weighted by atomic mass is 10.2. The number of hydrogen-bond donors (Lipinski definition) is 1. The number of halogens is 2. The van der Waals surface area contributed by atoms with Gasteiger partial charge < -0.3 is 10.1 Å². The first-order valence-corrected chi connectivity index (χ1v) is 5.49. The topological polar surface area (TPSA) is 58.6 Å². The number of alkyl halides is 2. The molecule has 17 heavy (non-hydrogen) atoms. The molecule has 2 amide bonds. The van der Waals surface area contributed by atoms with E-state index in [0.29, 0.717) is 6.54 Å². The average Bonchev–Trinajstić information content (AvgIpc) is 2.53. The number of likely N-dealkylation sites (N-methyl/N-ethyl adjacent to an activating group) is 1. The minimum absolute atomic E-state index is 0.0917. The van der Waals surface area contributed by atoms with Crippen molar-refractivity contribution in [3.63, 3.8) is 0 Å². The number of nitrogens with zero attached hydrogens (tertiary/aromatic N) is 1. The van der Waals surface area contributed by atoms with Crippen molar-refractivity contribution in [1.82, 2.24) is 10.2 Å². The molecule has 0 bridgehead atoms. The molecule has 0 saturated carbocycles. The van der Waals surface area contributed by atoms with Crippen molar-refractivity contribution in [2.75, 3.05) is 26.3 Å². The quantitative estimate of drug-likeness (QED) is 0.510. The summed E-state index contributed by atoms with van der Waals surface area (Å²) in [5.74, 6) is -0.463. The number of imide groups is 1. The molecule has 7 heteroatoms. The van der Waals surface area contributed by atoms with Crippen LogP contribution in [-0.2, 0) is 14.3 Å². The SMILES string of the molecule is CCN1C(=O)CC(NCCOCC(F)F)C1=O. The number of hydrogen-bond acceptors (Lipinski definition) is 4. The molecule has 0 aromatic rings. The zero-order valence-electron chi connectivity index (χ0n) is 9.62. The molecule has 1 atom stereocenters. The Kier molecular flexibility index (Phi) is 5.43. The van der Waals surface area contributed by atoms with Gasteiger partial charge >= 0.3 is 0 Å². The highest BCUT2D eigenvalue weighted by Gasteiger charge is 2.36. The maximum absolute atomic E-state index is 11.7. The summed E-state index contributed by atoms with van der Waals surface area (Å²) in [6, 6.07) is -0.544. The van der Waals surface area contributed by atoms with Crippen molar-refractivity contribution in [3.8, 4) is 0 Å². The van der Waals surface area contributed by atoms with Crippen LogP contribution in [0.4, 0.5) is 8.78 Å². The van der Waals surface area contributed by atoms with Crippen LogP contribution in [0.5, 0.6) is 0 Å². The van der Waals surface area contributed by atoms with Crippen molar-refractivity contribution in [2.45, 2.75) is 25.8 Å². The summed E-state index contributed by atoms with van der Waals surface area (Å²) in [6.07, 6.45) is -2.36. The Morgan fingerprint density at radius 3 is 2.76 bits per heavy atom. The summed E-state index contributed by atoms with van der Waals surface area (Å²) >= 11 is 0. The van der Waals surface area contributed by atoms with Gasteiger partial charge in [-0.05, 0) is 6.92 Å². The van der Waals surface area contributed by atoms with Crippen molar-refractivity contribution in [1.29, 1.82) is 0 Å². The van der Waals surface area contributed by atoms with Crippen LogP contribution in [-0.4, -0.2) is 55.5 Å². The van der Waals surface area contributed by atoms with Gasteiger partial charge in [-0.2, -0.15) is 0 Å². The van der Waals surface area contributed by atoms with Crippen LogP contribution in [0.25, 0.3) is 0 Å². The van der Waals surface area contributed by atoms with E-state index in [1.54, 1.807) is 6.92 Å². The Morgan fingerprint density at radius 2 is 2.24 bits per heavy atom. The first-order chi connectivity index (χ1) is 8.06. The summed E-state index contributed by atoms with van der Waals surface area (Å²) < 4.78 is 28.1. The number of likely N-dealkylation sites (tertiary alicyclic amines) is 1. The summed E-state index contributed by atoms with van der Waals surface area (Å²) in [5.41, 5.74) is 0. The number of carbonyl (C=O) groups is 2. The molecule has 0 spiro atoms. The fraction of sp³-hybridized carbons (Fsp3) is 0.800. The van der Waals surface area contributed by atoms with E-state index < -0.39 is 19.1 Å². The van der Waals surface area contributed by atoms with Gasteiger partial charge in [0.1, 0.15) is 6.61 Å². The maximum atomic E-state index is 11.7. The van der Waals surface area contributed by atoms with Gasteiger partial charge in [-0.1, -0.05) is 0 Å². The number of ether oxygens (including phenoxy) is 1. The van der Waals surface area contributed by atoms with Gasteiger partial charge in [-0.3, -0.25) is 14.5 Å². The molecule has 1 heterocycles. The molecular weight excluding hydrogens is 234 g/mol. The van der Waals surface area contributed by atoms with E-state index in [0.717, 1.165) is 0 Å². The van der Waals surface area contributed by atoms with Crippen molar-refractivity contribution in [2.24, 2.45) is 0 Å². The van der Waals surface area contributed by atoms with E-state index in [-0.39, 0.29) is 31.4 Å². The highest BCUT2D eigenvalue weighted by atomic mass is 19.3. The van der Waals surface area contributed by atoms with Crippen LogP contribution in [0.15, 0.2) is 0 Å². The highest BCUT2D eigenvalue weighted by Crippen LogP contribution is 2.11. The third-order valence-corrected chi connectivity index (χ3v) is 2.44. The number of carbonyl (C=O) groups excluding carboxylic acids is 2. The van der Waals surface area contributed by atoms with Gasteiger partial charge in [-0.15, -0.1) is 0 Å². The van der Waals surface area contributed by atoms with Gasteiger partial charge in [-0.25, -0.2) is 8.78 Å². The standard InChI is InChI=1S/C10H16F2N2O3/c1-2-14-9(15)5-7(10(14)16)13-3-4-17-6-8(11)12/h7-8,13H,2-6H2,1H3. The minimum Gasteiger partial charge on any atom is -0.374 e. The average molecular weight is 250 g/mol. The monoisotopic (exact) mass is 250 g/mol. The molecule has 0 aromatic carbocycles. The molecule has 1 saturated heterocycles. The Morgan fingerprint density at radius 1 is 1.53 bits per heavy atom. The van der Waals surface area contributed by atoms with Crippen LogP contribution in [0, 0.1) is 0 Å². The van der Waals surface area contributed by atoms with Crippen LogP contribution >= 0.6 is 0 Å². The third-order valence-electron chi connectivity index (χ3n) is 2.44. The lowest BCUT2D eigenvalue weighted by molar-refractivity contribution is -0.138. The molecule has 0 aliphatic carbocycles. The second-order valence-corrected chi connectivity index (χ2v) is 3.65. The zero-order chi connectivity index (χ0) is 12.8. The summed E-state index contributed by atoms with van der Waals surface area (Å²) in [5, 5.41) is 2.82. The predicted molar refractivity (Wildman–Crippen MR) is 55.6 cm³/mol. The van der Waals surface area contributed by atoms with Crippen molar-refractivity contribution < 1.29 is 23.1 Å². The number of nitrogens with one attached hydrogen (secondary N) is 1. The normalized spacial score (nSPS) is 20.7. The fourth-order valence-corrected chi connectivity index (χ4v) is 1.65. The minimum atomic E-state index is -2.49. The van der Waals surface area contributed by atoms with Crippen molar-refractivity contribution >= 4 is 11.8 Å². The Labute approximate surface area is 98.1 Å². The third kappa shape index (κ3) is 4.01. The smallest absolute Gasteiger partial charge is 0.261 e. The Hall–Kier alpha value is -1.08. The Bertz CT molecular complexity index is 287. The second kappa shape index (κ2) is 6.61. The molecule has 5 nitrogen and oxygen atoms in total. The number of rotatable bonds is 7. The van der Waals surface area contributed by atoms with Gasteiger partial charge in [0.25, 0.3) is 6.43 Å². The van der Waals surface area contributed by atoms with Gasteiger partial charge in [0.2, 0.25) is 11.8 Å². The van der Waals surface area contributed by atoms with Crippen LogP contribution < -0.4 is 5.32 Å². The lowest BCUT2D eigenvalue weighted by Crippen LogP contribution is -2.40. The van der Waals surface area contributed by atoms with Gasteiger partial charge in [0.05, 0.1) is 19.1 Å². The fourth-order valence-electron chi connectivity index (χ4n) is 1.65. The zero-order valence-corrected chi connectivity index (χ0v) is 9.62. The molecular formula is C10H16F2N2O3. The molecule has 1 fully saturated rings. The van der Waals surface area contributed by atoms with E-state index in [9.17, 15) is 18.4 Å². The van der Waals surface area contributed by atoms with E-state index in [1.807, 2.05) is 0 Å². The first-order valence-electron chi connectivity index (χ1n) is 5.49. The van der Waals surface area contributed by atoms with Gasteiger partial charge in [0.15, 0.2) is 0 Å². The van der Waals surface area contributed by atoms with E-state index in [4.69, 9.17) is 0 Å². The molecule has 0 radical (unpaired) electrons. The van der Waals surface area contributed by atoms with E-state index >= 15 is 0 Å². The molecule has 1 unspecified atom stereocenters. The van der Waals surface area contributed by atoms with Crippen LogP contribution in [0.1, 0.15) is 13.3 Å². The summed E-state index contributed by atoms with van der Waals surface area (Å²) in [4.78, 5) is 24.1. The van der Waals surface area contributed by atoms with Crippen LogP contribution in [0.2, 0.25) is 0 Å². The van der Waals surface area contributed by atoms with Gasteiger partial charge in [0, 0.05) is 13.1 Å². The first kappa shape index (κ1) is 14.0. The molecule has 98 valence electrons. The molecule has 1 rings (SSSR count). The van der Waals surface area contributed by atoms with E-state index in [2.05, 4.69) is 10.1 Å². The highest BCUT2D eigenvalue weighted by molar-refractivity contribution is 6.05. The Balaban J connectivity index is 2.20. The van der Waals surface area contributed by atoms with Crippen LogP contribution in [0.3, 0.4) is 0 Å². The molecule has 1 aliphatic rings. The molecule has 0 aromatic heterocycles.